The molecule has 1 aromatic heterocycles. The van der Waals surface area contributed by atoms with Gasteiger partial charge >= 0.3 is 0 Å². The van der Waals surface area contributed by atoms with E-state index >= 15 is 0 Å². The van der Waals surface area contributed by atoms with E-state index in [2.05, 4.69) is 29.3 Å². The Kier molecular flexibility index (Phi) is 4.39. The van der Waals surface area contributed by atoms with Crippen LogP contribution in [0, 0.1) is 5.92 Å². The molecule has 0 bridgehead atoms. The van der Waals surface area contributed by atoms with Crippen LogP contribution >= 0.6 is 0 Å². The Hall–Kier alpha value is -1.93. The fourth-order valence-corrected chi connectivity index (χ4v) is 3.56. The van der Waals surface area contributed by atoms with E-state index in [1.807, 2.05) is 49.5 Å². The maximum Gasteiger partial charge on any atom is 0.0774 e. The lowest BCUT2D eigenvalue weighted by Gasteiger charge is -2.40. The first-order chi connectivity index (χ1) is 10.7. The molecule has 0 amide bonds. The van der Waals surface area contributed by atoms with Gasteiger partial charge in [-0.1, -0.05) is 48.6 Å². The summed E-state index contributed by atoms with van der Waals surface area (Å²) in [6.45, 7) is 1.98. The molecule has 2 heteroatoms. The van der Waals surface area contributed by atoms with E-state index < -0.39 is 5.60 Å². The molecular formula is C20H23NO. The number of hydrogen-bond donors (Lipinski definition) is 1. The SMILES string of the molecule is C[C@](O)([C@@H]1CC=CCC1)[C@@H](c1ccccc1)c1ccccn1. The van der Waals surface area contributed by atoms with Crippen LogP contribution in [0.25, 0.3) is 0 Å². The van der Waals surface area contributed by atoms with Crippen LogP contribution < -0.4 is 0 Å². The topological polar surface area (TPSA) is 33.1 Å². The molecule has 1 aromatic carbocycles. The summed E-state index contributed by atoms with van der Waals surface area (Å²) >= 11 is 0. The van der Waals surface area contributed by atoms with Crippen LogP contribution in [0.4, 0.5) is 0 Å². The van der Waals surface area contributed by atoms with E-state index in [0.29, 0.717) is 0 Å². The summed E-state index contributed by atoms with van der Waals surface area (Å²) < 4.78 is 0. The van der Waals surface area contributed by atoms with Crippen molar-refractivity contribution >= 4 is 0 Å². The van der Waals surface area contributed by atoms with Crippen LogP contribution in [0.1, 0.15) is 43.4 Å². The molecule has 0 fully saturated rings. The molecule has 0 unspecified atom stereocenters. The first-order valence-electron chi connectivity index (χ1n) is 8.03. The zero-order chi connectivity index (χ0) is 15.4. The Balaban J connectivity index is 2.03. The van der Waals surface area contributed by atoms with Crippen LogP contribution in [0.3, 0.4) is 0 Å². The second-order valence-electron chi connectivity index (χ2n) is 6.31. The Morgan fingerprint density at radius 2 is 1.86 bits per heavy atom. The maximum atomic E-state index is 11.4. The molecule has 0 spiro atoms. The maximum absolute atomic E-state index is 11.4. The van der Waals surface area contributed by atoms with Crippen molar-refractivity contribution in [3.8, 4) is 0 Å². The second kappa shape index (κ2) is 6.45. The molecule has 0 saturated carbocycles. The van der Waals surface area contributed by atoms with Crippen molar-refractivity contribution in [3.63, 3.8) is 0 Å². The van der Waals surface area contributed by atoms with Crippen molar-refractivity contribution in [2.45, 2.75) is 37.7 Å². The molecule has 0 saturated heterocycles. The first kappa shape index (κ1) is 15.0. The quantitative estimate of drug-likeness (QED) is 0.852. The van der Waals surface area contributed by atoms with Gasteiger partial charge in [-0.3, -0.25) is 4.98 Å². The Bertz CT molecular complexity index is 579. The summed E-state index contributed by atoms with van der Waals surface area (Å²) in [5.41, 5.74) is 1.24. The molecule has 114 valence electrons. The van der Waals surface area contributed by atoms with Crippen molar-refractivity contribution in [1.29, 1.82) is 0 Å². The Labute approximate surface area is 132 Å². The van der Waals surface area contributed by atoms with Crippen LogP contribution in [0.2, 0.25) is 0 Å². The zero-order valence-corrected chi connectivity index (χ0v) is 13.0. The highest BCUT2D eigenvalue weighted by molar-refractivity contribution is 5.32. The number of aliphatic hydroxyl groups is 1. The van der Waals surface area contributed by atoms with E-state index in [4.69, 9.17) is 0 Å². The summed E-state index contributed by atoms with van der Waals surface area (Å²) in [7, 11) is 0. The van der Waals surface area contributed by atoms with Gasteiger partial charge in [0.2, 0.25) is 0 Å². The van der Waals surface area contributed by atoms with Crippen molar-refractivity contribution < 1.29 is 5.11 Å². The number of rotatable bonds is 4. The first-order valence-corrected chi connectivity index (χ1v) is 8.03. The number of allylic oxidation sites excluding steroid dienone is 2. The largest absolute Gasteiger partial charge is 0.389 e. The Morgan fingerprint density at radius 1 is 1.09 bits per heavy atom. The highest BCUT2D eigenvalue weighted by Gasteiger charge is 2.41. The lowest BCUT2D eigenvalue weighted by Crippen LogP contribution is -2.42. The average molecular weight is 293 g/mol. The number of hydrogen-bond acceptors (Lipinski definition) is 2. The average Bonchev–Trinajstić information content (AvgIpc) is 2.58. The van der Waals surface area contributed by atoms with E-state index in [1.165, 1.54) is 0 Å². The summed E-state index contributed by atoms with van der Waals surface area (Å²) in [5.74, 6) is 0.149. The molecule has 22 heavy (non-hydrogen) atoms. The van der Waals surface area contributed by atoms with Crippen LogP contribution in [-0.4, -0.2) is 15.7 Å². The third kappa shape index (κ3) is 2.97. The van der Waals surface area contributed by atoms with Crippen LogP contribution in [0.5, 0.6) is 0 Å². The molecule has 1 aliphatic rings. The fraction of sp³-hybridized carbons (Fsp3) is 0.350. The van der Waals surface area contributed by atoms with Crippen molar-refractivity contribution in [2.24, 2.45) is 5.92 Å². The van der Waals surface area contributed by atoms with Crippen LogP contribution in [-0.2, 0) is 0 Å². The second-order valence-corrected chi connectivity index (χ2v) is 6.31. The highest BCUT2D eigenvalue weighted by atomic mass is 16.3. The minimum absolute atomic E-state index is 0.105. The van der Waals surface area contributed by atoms with Gasteiger partial charge in [-0.05, 0) is 49.8 Å². The van der Waals surface area contributed by atoms with Gasteiger partial charge in [0.1, 0.15) is 0 Å². The molecular weight excluding hydrogens is 270 g/mol. The molecule has 2 aromatic rings. The minimum atomic E-state index is -0.819. The van der Waals surface area contributed by atoms with Gasteiger partial charge in [0.15, 0.2) is 0 Å². The molecule has 1 N–H and O–H groups in total. The molecule has 3 rings (SSSR count). The van der Waals surface area contributed by atoms with Crippen LogP contribution in [0.15, 0.2) is 66.9 Å². The van der Waals surface area contributed by atoms with Gasteiger partial charge in [0, 0.05) is 6.20 Å². The van der Waals surface area contributed by atoms with E-state index in [1.54, 1.807) is 0 Å². The third-order valence-corrected chi connectivity index (χ3v) is 4.80. The van der Waals surface area contributed by atoms with Gasteiger partial charge in [-0.15, -0.1) is 0 Å². The number of pyridine rings is 1. The lowest BCUT2D eigenvalue weighted by molar-refractivity contribution is -0.0206. The van der Waals surface area contributed by atoms with E-state index in [-0.39, 0.29) is 11.8 Å². The smallest absolute Gasteiger partial charge is 0.0774 e. The number of aromatic nitrogens is 1. The Morgan fingerprint density at radius 3 is 2.50 bits per heavy atom. The molecule has 0 aliphatic heterocycles. The van der Waals surface area contributed by atoms with Gasteiger partial charge in [0.25, 0.3) is 0 Å². The summed E-state index contributed by atoms with van der Waals surface area (Å²) in [4.78, 5) is 4.54. The van der Waals surface area contributed by atoms with Gasteiger partial charge in [0.05, 0.1) is 17.2 Å². The van der Waals surface area contributed by atoms with Crippen molar-refractivity contribution in [3.05, 3.63) is 78.1 Å². The van der Waals surface area contributed by atoms with Gasteiger partial charge < -0.3 is 5.11 Å². The van der Waals surface area contributed by atoms with Crippen molar-refractivity contribution in [2.75, 3.05) is 0 Å². The van der Waals surface area contributed by atoms with Gasteiger partial charge in [-0.25, -0.2) is 0 Å². The molecule has 0 radical (unpaired) electrons. The molecule has 2 nitrogen and oxygen atoms in total. The fourth-order valence-electron chi connectivity index (χ4n) is 3.56. The van der Waals surface area contributed by atoms with E-state index in [0.717, 1.165) is 30.5 Å². The summed E-state index contributed by atoms with van der Waals surface area (Å²) in [5, 5.41) is 11.4. The third-order valence-electron chi connectivity index (χ3n) is 4.80. The molecule has 1 aliphatic carbocycles. The molecule has 3 atom stereocenters. The molecule has 1 heterocycles. The van der Waals surface area contributed by atoms with Crippen molar-refractivity contribution in [1.82, 2.24) is 4.98 Å². The zero-order valence-electron chi connectivity index (χ0n) is 13.0. The number of nitrogens with zero attached hydrogens (tertiary/aromatic N) is 1. The normalized spacial score (nSPS) is 22.0. The lowest BCUT2D eigenvalue weighted by atomic mass is 9.69. The highest BCUT2D eigenvalue weighted by Crippen LogP contribution is 2.42. The predicted octanol–water partition coefficient (Wildman–Crippen LogP) is 4.32. The summed E-state index contributed by atoms with van der Waals surface area (Å²) in [6.07, 6.45) is 9.23. The predicted molar refractivity (Wildman–Crippen MR) is 89.6 cm³/mol. The van der Waals surface area contributed by atoms with E-state index in [9.17, 15) is 5.11 Å². The standard InChI is InChI=1S/C20H23NO/c1-20(22,17-12-6-3-7-13-17)19(16-10-4-2-5-11-16)18-14-8-9-15-21-18/h2-6,8-11,14-15,17,19,22H,7,12-13H2,1H3/t17-,19+,20+/m1/s1. The minimum Gasteiger partial charge on any atom is -0.389 e. The summed E-state index contributed by atoms with van der Waals surface area (Å²) in [6, 6.07) is 16.2. The van der Waals surface area contributed by atoms with Gasteiger partial charge in [-0.2, -0.15) is 0 Å². The monoisotopic (exact) mass is 293 g/mol. The number of benzene rings is 1.